The molecule has 0 spiro atoms. The second-order valence-corrected chi connectivity index (χ2v) is 5.35. The van der Waals surface area contributed by atoms with Crippen molar-refractivity contribution in [3.05, 3.63) is 54.2 Å². The molecule has 2 heterocycles. The SMILES string of the molecule is O=C1CN(C(=O)Cc2noc3ccccc23)c2ccccc2N1. The smallest absolute Gasteiger partial charge is 0.244 e. The minimum atomic E-state index is -0.206. The monoisotopic (exact) mass is 307 g/mol. The van der Waals surface area contributed by atoms with E-state index in [2.05, 4.69) is 10.5 Å². The molecule has 1 aromatic heterocycles. The summed E-state index contributed by atoms with van der Waals surface area (Å²) in [7, 11) is 0. The Balaban J connectivity index is 1.66. The van der Waals surface area contributed by atoms with Gasteiger partial charge in [-0.1, -0.05) is 29.4 Å². The summed E-state index contributed by atoms with van der Waals surface area (Å²) in [6.45, 7) is 0.00559. The second kappa shape index (κ2) is 5.24. The molecule has 1 aliphatic heterocycles. The molecule has 1 N–H and O–H groups in total. The van der Waals surface area contributed by atoms with Crippen molar-refractivity contribution in [1.29, 1.82) is 0 Å². The summed E-state index contributed by atoms with van der Waals surface area (Å²) >= 11 is 0. The van der Waals surface area contributed by atoms with Crippen LogP contribution in [0.15, 0.2) is 53.1 Å². The maximum atomic E-state index is 12.7. The molecule has 2 aromatic carbocycles. The van der Waals surface area contributed by atoms with Crippen molar-refractivity contribution in [2.45, 2.75) is 6.42 Å². The molecule has 0 bridgehead atoms. The Bertz CT molecular complexity index is 916. The lowest BCUT2D eigenvalue weighted by molar-refractivity contribution is -0.121. The summed E-state index contributed by atoms with van der Waals surface area (Å²) in [6, 6.07) is 14.6. The van der Waals surface area contributed by atoms with E-state index in [4.69, 9.17) is 4.52 Å². The number of rotatable bonds is 2. The van der Waals surface area contributed by atoms with Gasteiger partial charge in [0.15, 0.2) is 5.58 Å². The zero-order valence-electron chi connectivity index (χ0n) is 12.2. The number of aromatic nitrogens is 1. The Kier molecular flexibility index (Phi) is 3.08. The van der Waals surface area contributed by atoms with Crippen LogP contribution in [0.1, 0.15) is 5.69 Å². The number of anilines is 2. The number of nitrogens with zero attached hydrogens (tertiary/aromatic N) is 2. The molecule has 0 atom stereocenters. The third kappa shape index (κ3) is 2.34. The van der Waals surface area contributed by atoms with Gasteiger partial charge in [0.2, 0.25) is 11.8 Å². The average Bonchev–Trinajstić information content (AvgIpc) is 2.97. The number of amides is 2. The van der Waals surface area contributed by atoms with E-state index in [1.165, 1.54) is 4.90 Å². The van der Waals surface area contributed by atoms with Crippen LogP contribution < -0.4 is 10.2 Å². The summed E-state index contributed by atoms with van der Waals surface area (Å²) < 4.78 is 5.23. The highest BCUT2D eigenvalue weighted by atomic mass is 16.5. The normalized spacial score (nSPS) is 13.7. The van der Waals surface area contributed by atoms with Crippen LogP contribution in [0.25, 0.3) is 11.0 Å². The van der Waals surface area contributed by atoms with E-state index in [1.807, 2.05) is 36.4 Å². The molecule has 2 amide bonds. The topological polar surface area (TPSA) is 75.4 Å². The van der Waals surface area contributed by atoms with Gasteiger partial charge in [0.1, 0.15) is 12.2 Å². The van der Waals surface area contributed by atoms with Crippen LogP contribution in [0.2, 0.25) is 0 Å². The summed E-state index contributed by atoms with van der Waals surface area (Å²) in [5.41, 5.74) is 2.56. The van der Waals surface area contributed by atoms with E-state index in [1.54, 1.807) is 12.1 Å². The Hall–Kier alpha value is -3.15. The zero-order chi connectivity index (χ0) is 15.8. The van der Waals surface area contributed by atoms with Gasteiger partial charge in [-0.2, -0.15) is 0 Å². The van der Waals surface area contributed by atoms with Gasteiger partial charge in [-0.15, -0.1) is 0 Å². The second-order valence-electron chi connectivity index (χ2n) is 5.35. The number of hydrogen-bond donors (Lipinski definition) is 1. The minimum absolute atomic E-state index is 0.00559. The van der Waals surface area contributed by atoms with Gasteiger partial charge in [0.25, 0.3) is 0 Å². The summed E-state index contributed by atoms with van der Waals surface area (Å²) in [5, 5.41) is 7.56. The third-order valence-corrected chi connectivity index (χ3v) is 3.84. The molecule has 0 fully saturated rings. The van der Waals surface area contributed by atoms with E-state index >= 15 is 0 Å². The van der Waals surface area contributed by atoms with E-state index in [9.17, 15) is 9.59 Å². The first-order valence-electron chi connectivity index (χ1n) is 7.25. The predicted octanol–water partition coefficient (Wildman–Crippen LogP) is 2.36. The van der Waals surface area contributed by atoms with Crippen LogP contribution in [0, 0.1) is 0 Å². The molecule has 0 aliphatic carbocycles. The number of benzene rings is 2. The fraction of sp³-hybridized carbons (Fsp3) is 0.118. The lowest BCUT2D eigenvalue weighted by atomic mass is 10.1. The largest absolute Gasteiger partial charge is 0.356 e. The summed E-state index contributed by atoms with van der Waals surface area (Å²) in [6.07, 6.45) is 0.0820. The van der Waals surface area contributed by atoms with E-state index in [-0.39, 0.29) is 24.8 Å². The van der Waals surface area contributed by atoms with Crippen molar-refractivity contribution < 1.29 is 14.1 Å². The maximum absolute atomic E-state index is 12.7. The number of hydrogen-bond acceptors (Lipinski definition) is 4. The first kappa shape index (κ1) is 13.5. The predicted molar refractivity (Wildman–Crippen MR) is 85.1 cm³/mol. The first-order chi connectivity index (χ1) is 11.2. The average molecular weight is 307 g/mol. The standard InChI is InChI=1S/C17H13N3O3/c21-16-10-20(14-7-3-2-6-12(14)18-16)17(22)9-13-11-5-1-4-8-15(11)23-19-13/h1-8H,9-10H2,(H,18,21). The van der Waals surface area contributed by atoms with E-state index in [0.29, 0.717) is 22.7 Å². The molecular formula is C17H13N3O3. The molecular weight excluding hydrogens is 294 g/mol. The molecule has 6 heteroatoms. The van der Waals surface area contributed by atoms with Crippen molar-refractivity contribution in [3.63, 3.8) is 0 Å². The van der Waals surface area contributed by atoms with Crippen molar-refractivity contribution >= 4 is 34.2 Å². The van der Waals surface area contributed by atoms with Gasteiger partial charge in [0, 0.05) is 5.39 Å². The van der Waals surface area contributed by atoms with Crippen LogP contribution >= 0.6 is 0 Å². The quantitative estimate of drug-likeness (QED) is 0.788. The van der Waals surface area contributed by atoms with Gasteiger partial charge in [-0.3, -0.25) is 9.59 Å². The summed E-state index contributed by atoms with van der Waals surface area (Å²) in [4.78, 5) is 26.0. The highest BCUT2D eigenvalue weighted by Crippen LogP contribution is 2.29. The maximum Gasteiger partial charge on any atom is 0.244 e. The minimum Gasteiger partial charge on any atom is -0.356 e. The molecule has 0 unspecified atom stereocenters. The number of carbonyl (C=O) groups is 2. The first-order valence-corrected chi connectivity index (χ1v) is 7.25. The lowest BCUT2D eigenvalue weighted by Crippen LogP contribution is -2.42. The van der Waals surface area contributed by atoms with Crippen LogP contribution in [0.3, 0.4) is 0 Å². The Morgan fingerprint density at radius 2 is 1.96 bits per heavy atom. The number of nitrogens with one attached hydrogen (secondary N) is 1. The lowest BCUT2D eigenvalue weighted by Gasteiger charge is -2.28. The van der Waals surface area contributed by atoms with Crippen LogP contribution in [0.4, 0.5) is 11.4 Å². The van der Waals surface area contributed by atoms with Crippen LogP contribution in [-0.4, -0.2) is 23.5 Å². The van der Waals surface area contributed by atoms with Crippen molar-refractivity contribution in [1.82, 2.24) is 5.16 Å². The molecule has 0 saturated carbocycles. The Morgan fingerprint density at radius 1 is 1.17 bits per heavy atom. The molecule has 6 nitrogen and oxygen atoms in total. The third-order valence-electron chi connectivity index (χ3n) is 3.84. The molecule has 23 heavy (non-hydrogen) atoms. The molecule has 0 radical (unpaired) electrons. The number of carbonyl (C=O) groups excluding carboxylic acids is 2. The van der Waals surface area contributed by atoms with Crippen LogP contribution in [-0.2, 0) is 16.0 Å². The highest BCUT2D eigenvalue weighted by Gasteiger charge is 2.27. The molecule has 114 valence electrons. The zero-order valence-corrected chi connectivity index (χ0v) is 12.2. The fourth-order valence-electron chi connectivity index (χ4n) is 2.76. The summed E-state index contributed by atoms with van der Waals surface area (Å²) in [5.74, 6) is -0.395. The van der Waals surface area contributed by atoms with Gasteiger partial charge in [-0.05, 0) is 24.3 Å². The number of para-hydroxylation sites is 3. The highest BCUT2D eigenvalue weighted by molar-refractivity contribution is 6.10. The Morgan fingerprint density at radius 3 is 2.87 bits per heavy atom. The van der Waals surface area contributed by atoms with Gasteiger partial charge in [-0.25, -0.2) is 0 Å². The van der Waals surface area contributed by atoms with Gasteiger partial charge in [0.05, 0.1) is 17.8 Å². The molecule has 1 aliphatic rings. The van der Waals surface area contributed by atoms with Crippen molar-refractivity contribution in [2.75, 3.05) is 16.8 Å². The van der Waals surface area contributed by atoms with Crippen molar-refractivity contribution in [3.8, 4) is 0 Å². The fourth-order valence-corrected chi connectivity index (χ4v) is 2.76. The molecule has 0 saturated heterocycles. The Labute approximate surface area is 131 Å². The van der Waals surface area contributed by atoms with Gasteiger partial charge < -0.3 is 14.7 Å². The van der Waals surface area contributed by atoms with Crippen LogP contribution in [0.5, 0.6) is 0 Å². The van der Waals surface area contributed by atoms with Gasteiger partial charge >= 0.3 is 0 Å². The molecule has 3 aromatic rings. The molecule has 4 rings (SSSR count). The van der Waals surface area contributed by atoms with E-state index < -0.39 is 0 Å². The number of fused-ring (bicyclic) bond motifs is 2. The van der Waals surface area contributed by atoms with Crippen molar-refractivity contribution in [2.24, 2.45) is 0 Å². The van der Waals surface area contributed by atoms with E-state index in [0.717, 1.165) is 5.39 Å².